The van der Waals surface area contributed by atoms with E-state index in [-0.39, 0.29) is 23.2 Å². The second kappa shape index (κ2) is 13.3. The van der Waals surface area contributed by atoms with E-state index in [2.05, 4.69) is 20.4 Å². The minimum atomic E-state index is -3.80. The van der Waals surface area contributed by atoms with Crippen LogP contribution in [0.1, 0.15) is 25.0 Å². The molecule has 11 heteroatoms. The summed E-state index contributed by atoms with van der Waals surface area (Å²) in [5.41, 5.74) is 13.6. The van der Waals surface area contributed by atoms with Gasteiger partial charge in [-0.25, -0.2) is 8.78 Å². The Labute approximate surface area is 237 Å². The summed E-state index contributed by atoms with van der Waals surface area (Å²) in [6, 6.07) is 29.9. The molecule has 0 saturated heterocycles. The first-order chi connectivity index (χ1) is 19.8. The van der Waals surface area contributed by atoms with Gasteiger partial charge in [-0.1, -0.05) is 107 Å². The Bertz CT molecular complexity index is 1490. The Morgan fingerprint density at radius 3 is 1.24 bits per heavy atom. The van der Waals surface area contributed by atoms with Crippen LogP contribution in [0.15, 0.2) is 130 Å². The van der Waals surface area contributed by atoms with Crippen molar-refractivity contribution >= 4 is 42.4 Å². The number of hydrogen-bond acceptors (Lipinski definition) is 6. The molecule has 0 aliphatic carbocycles. The molecule has 0 aromatic heterocycles. The molecule has 41 heavy (non-hydrogen) atoms. The van der Waals surface area contributed by atoms with Crippen LogP contribution in [-0.4, -0.2) is 32.0 Å². The molecule has 0 unspecified atom stereocenters. The number of amidine groups is 2. The number of rotatable bonds is 8. The summed E-state index contributed by atoms with van der Waals surface area (Å²) in [7, 11) is -3.80. The van der Waals surface area contributed by atoms with Crippen molar-refractivity contribution in [2.75, 3.05) is 0 Å². The molecule has 208 valence electrons. The highest BCUT2D eigenvalue weighted by Crippen LogP contribution is 2.13. The van der Waals surface area contributed by atoms with E-state index in [1.807, 2.05) is 60.7 Å². The van der Waals surface area contributed by atoms with Crippen molar-refractivity contribution in [1.82, 2.24) is 0 Å². The van der Waals surface area contributed by atoms with E-state index in [1.165, 1.54) is 12.1 Å². The maximum atomic E-state index is 14.2. The molecule has 0 spiro atoms. The summed E-state index contributed by atoms with van der Waals surface area (Å²) in [5, 5.41) is 17.4. The van der Waals surface area contributed by atoms with Crippen molar-refractivity contribution in [2.45, 2.75) is 13.8 Å². The van der Waals surface area contributed by atoms with Crippen molar-refractivity contribution in [3.8, 4) is 0 Å². The van der Waals surface area contributed by atoms with Crippen molar-refractivity contribution < 1.29 is 17.6 Å². The van der Waals surface area contributed by atoms with Crippen LogP contribution in [0, 0.1) is 11.6 Å². The second-order valence-corrected chi connectivity index (χ2v) is 11.6. The van der Waals surface area contributed by atoms with E-state index in [0.717, 1.165) is 0 Å². The van der Waals surface area contributed by atoms with Crippen LogP contribution in [0.3, 0.4) is 0 Å². The smallest absolute Gasteiger partial charge is 0.477 e. The zero-order valence-electron chi connectivity index (χ0n) is 22.4. The minimum Gasteiger partial charge on any atom is -0.477 e. The van der Waals surface area contributed by atoms with Gasteiger partial charge in [-0.05, 0) is 26.0 Å². The number of halogens is 2. The van der Waals surface area contributed by atoms with Gasteiger partial charge < -0.3 is 20.3 Å². The molecular weight excluding hydrogens is 542 g/mol. The zero-order chi connectivity index (χ0) is 29.2. The van der Waals surface area contributed by atoms with Gasteiger partial charge in [-0.2, -0.15) is 10.2 Å². The van der Waals surface area contributed by atoms with Crippen LogP contribution in [-0.2, 0) is 8.85 Å². The molecule has 4 aromatic rings. The number of nitrogens with two attached hydrogens (primary N) is 2. The lowest BCUT2D eigenvalue weighted by atomic mass is 10.1. The summed E-state index contributed by atoms with van der Waals surface area (Å²) >= 11 is 0. The van der Waals surface area contributed by atoms with Crippen molar-refractivity contribution in [1.29, 1.82) is 0 Å². The van der Waals surface area contributed by atoms with Crippen LogP contribution < -0.4 is 21.8 Å². The van der Waals surface area contributed by atoms with Crippen LogP contribution in [0.5, 0.6) is 0 Å². The summed E-state index contributed by atoms with van der Waals surface area (Å²) in [6.07, 6.45) is 0. The zero-order valence-corrected chi connectivity index (χ0v) is 23.4. The summed E-state index contributed by atoms with van der Waals surface area (Å²) < 4.78 is 41.0. The average molecular weight is 571 g/mol. The molecule has 4 rings (SSSR count). The summed E-state index contributed by atoms with van der Waals surface area (Å²) in [6.45, 7) is 3.20. The Morgan fingerprint density at radius 2 is 0.878 bits per heavy atom. The largest absolute Gasteiger partial charge is 0.535 e. The molecule has 0 bridgehead atoms. The fourth-order valence-electron chi connectivity index (χ4n) is 3.94. The SMILES string of the molecule is C/C(=N\N=C(/N)O[Si](O/C(N)=N/N=C(\C)c1ccccc1F)(c1ccccc1)c1ccccc1)c1ccccc1F. The van der Waals surface area contributed by atoms with Crippen LogP contribution in [0.25, 0.3) is 0 Å². The van der Waals surface area contributed by atoms with Gasteiger partial charge >= 0.3 is 8.56 Å². The highest BCUT2D eigenvalue weighted by atomic mass is 28.4. The van der Waals surface area contributed by atoms with Gasteiger partial charge in [0.1, 0.15) is 11.6 Å². The summed E-state index contributed by atoms with van der Waals surface area (Å²) in [5.74, 6) is -0.890. The average Bonchev–Trinajstić information content (AvgIpc) is 2.99. The van der Waals surface area contributed by atoms with Gasteiger partial charge in [0, 0.05) is 21.5 Å². The number of benzene rings is 4. The maximum absolute atomic E-state index is 14.2. The van der Waals surface area contributed by atoms with Crippen molar-refractivity contribution in [3.63, 3.8) is 0 Å². The molecule has 8 nitrogen and oxygen atoms in total. The van der Waals surface area contributed by atoms with E-state index >= 15 is 0 Å². The lowest BCUT2D eigenvalue weighted by Crippen LogP contribution is -2.66. The quantitative estimate of drug-likeness (QED) is 0.144. The van der Waals surface area contributed by atoms with E-state index in [1.54, 1.807) is 50.2 Å². The molecule has 0 atom stereocenters. The fraction of sp³-hybridized carbons (Fsp3) is 0.0667. The van der Waals surface area contributed by atoms with Gasteiger partial charge in [0.25, 0.3) is 12.0 Å². The third kappa shape index (κ3) is 7.08. The molecule has 4 aromatic carbocycles. The van der Waals surface area contributed by atoms with E-state index in [4.69, 9.17) is 20.3 Å². The Morgan fingerprint density at radius 1 is 0.537 bits per heavy atom. The molecule has 4 N–H and O–H groups in total. The maximum Gasteiger partial charge on any atom is 0.535 e. The first kappa shape index (κ1) is 28.8. The number of hydrogen-bond donors (Lipinski definition) is 2. The first-order valence-corrected chi connectivity index (χ1v) is 14.4. The molecule has 0 radical (unpaired) electrons. The highest BCUT2D eigenvalue weighted by molar-refractivity contribution is 6.94. The fourth-order valence-corrected chi connectivity index (χ4v) is 6.72. The van der Waals surface area contributed by atoms with Gasteiger partial charge in [0.05, 0.1) is 11.4 Å². The lowest BCUT2D eigenvalue weighted by molar-refractivity contribution is 0.396. The molecule has 0 heterocycles. The van der Waals surface area contributed by atoms with E-state index in [0.29, 0.717) is 21.8 Å². The van der Waals surface area contributed by atoms with Crippen LogP contribution in [0.2, 0.25) is 0 Å². The van der Waals surface area contributed by atoms with Crippen LogP contribution >= 0.6 is 0 Å². The highest BCUT2D eigenvalue weighted by Gasteiger charge is 2.49. The molecule has 0 fully saturated rings. The lowest BCUT2D eigenvalue weighted by Gasteiger charge is -2.30. The van der Waals surface area contributed by atoms with E-state index < -0.39 is 20.2 Å². The predicted octanol–water partition coefficient (Wildman–Crippen LogP) is 4.03. The third-order valence-corrected chi connectivity index (χ3v) is 9.11. The summed E-state index contributed by atoms with van der Waals surface area (Å²) in [4.78, 5) is 0. The van der Waals surface area contributed by atoms with E-state index in [9.17, 15) is 8.78 Å². The Hall–Kier alpha value is -5.16. The van der Waals surface area contributed by atoms with Crippen LogP contribution in [0.4, 0.5) is 8.78 Å². The minimum absolute atomic E-state index is 0.273. The third-order valence-electron chi connectivity index (χ3n) is 5.93. The van der Waals surface area contributed by atoms with Gasteiger partial charge in [0.15, 0.2) is 0 Å². The predicted molar refractivity (Wildman–Crippen MR) is 161 cm³/mol. The van der Waals surface area contributed by atoms with Gasteiger partial charge in [-0.15, -0.1) is 0 Å². The topological polar surface area (TPSA) is 120 Å². The first-order valence-electron chi connectivity index (χ1n) is 12.5. The van der Waals surface area contributed by atoms with Crippen molar-refractivity contribution in [2.24, 2.45) is 31.9 Å². The molecule has 0 aliphatic heterocycles. The van der Waals surface area contributed by atoms with Gasteiger partial charge in [-0.3, -0.25) is 0 Å². The Balaban J connectivity index is 1.76. The van der Waals surface area contributed by atoms with Gasteiger partial charge in [0.2, 0.25) is 0 Å². The molecule has 0 aliphatic rings. The normalized spacial score (nSPS) is 13.2. The Kier molecular flexibility index (Phi) is 9.33. The van der Waals surface area contributed by atoms with Crippen molar-refractivity contribution in [3.05, 3.63) is 132 Å². The standard InChI is InChI=1S/C30H28F2N6O2Si/c1-21(25-17-9-11-19-27(25)31)35-37-29(33)39-41(23-13-5-3-6-14-23,24-15-7-4-8-16-24)40-30(34)38-36-22(2)26-18-10-12-20-28(26)32/h3-20H,1-2H3,(H2,33,37)(H2,34,38)/b35-21+,36-22+. The molecule has 0 amide bonds. The molecular formula is C30H28F2N6O2Si. The molecule has 0 saturated carbocycles. The number of nitrogens with zero attached hydrogens (tertiary/aromatic N) is 4. The monoisotopic (exact) mass is 570 g/mol. The second-order valence-electron chi connectivity index (χ2n) is 8.76.